The van der Waals surface area contributed by atoms with Gasteiger partial charge < -0.3 is 10.0 Å². The molecule has 2 aliphatic heterocycles. The molecule has 0 amide bonds. The Hall–Kier alpha value is -2.13. The molecule has 0 aromatic heterocycles. The molecule has 2 bridgehead atoms. The van der Waals surface area contributed by atoms with Crippen LogP contribution in [0.1, 0.15) is 54.2 Å². The molecule has 1 N–H and O–H groups in total. The highest BCUT2D eigenvalue weighted by Gasteiger charge is 2.39. The predicted octanol–water partition coefficient (Wildman–Crippen LogP) is 4.24. The fourth-order valence-electron chi connectivity index (χ4n) is 4.80. The lowest BCUT2D eigenvalue weighted by atomic mass is 9.82. The van der Waals surface area contributed by atoms with Crippen LogP contribution in [0.2, 0.25) is 0 Å². The maximum Gasteiger partial charge on any atom is 0.315 e. The number of carbonyl (C=O) groups is 1. The van der Waals surface area contributed by atoms with Crippen LogP contribution in [-0.2, 0) is 4.79 Å². The summed E-state index contributed by atoms with van der Waals surface area (Å²) >= 11 is 0. The Kier molecular flexibility index (Phi) is 4.34. The molecule has 25 heavy (non-hydrogen) atoms. The van der Waals surface area contributed by atoms with E-state index in [1.165, 1.54) is 31.2 Å². The van der Waals surface area contributed by atoms with E-state index in [0.29, 0.717) is 18.0 Å². The van der Waals surface area contributed by atoms with Crippen molar-refractivity contribution in [2.24, 2.45) is 0 Å². The van der Waals surface area contributed by atoms with E-state index in [4.69, 9.17) is 0 Å². The molecular formula is C22H25NO2. The Labute approximate surface area is 149 Å². The van der Waals surface area contributed by atoms with Gasteiger partial charge in [-0.3, -0.25) is 4.79 Å². The highest BCUT2D eigenvalue weighted by atomic mass is 16.4. The molecule has 3 unspecified atom stereocenters. The summed E-state index contributed by atoms with van der Waals surface area (Å²) in [5.41, 5.74) is 3.04. The molecule has 0 saturated carbocycles. The second kappa shape index (κ2) is 6.64. The molecule has 3 atom stereocenters. The van der Waals surface area contributed by atoms with Gasteiger partial charge in [-0.2, -0.15) is 0 Å². The highest BCUT2D eigenvalue weighted by Crippen LogP contribution is 2.42. The first-order valence-corrected chi connectivity index (χ1v) is 9.23. The zero-order valence-electron chi connectivity index (χ0n) is 14.6. The highest BCUT2D eigenvalue weighted by molar-refractivity contribution is 5.80. The van der Waals surface area contributed by atoms with E-state index >= 15 is 0 Å². The summed E-state index contributed by atoms with van der Waals surface area (Å²) in [6.45, 7) is 0. The van der Waals surface area contributed by atoms with Crippen molar-refractivity contribution >= 4 is 5.97 Å². The van der Waals surface area contributed by atoms with E-state index in [1.807, 2.05) is 42.5 Å². The van der Waals surface area contributed by atoms with Crippen molar-refractivity contribution < 1.29 is 9.90 Å². The minimum atomic E-state index is -0.785. The van der Waals surface area contributed by atoms with E-state index in [0.717, 1.165) is 11.1 Å². The van der Waals surface area contributed by atoms with Gasteiger partial charge in [-0.1, -0.05) is 54.6 Å². The van der Waals surface area contributed by atoms with Gasteiger partial charge in [0.15, 0.2) is 0 Å². The smallest absolute Gasteiger partial charge is 0.315 e. The van der Waals surface area contributed by atoms with Gasteiger partial charge in [-0.05, 0) is 55.3 Å². The van der Waals surface area contributed by atoms with E-state index in [2.05, 4.69) is 24.1 Å². The predicted molar refractivity (Wildman–Crippen MR) is 98.9 cm³/mol. The number of aliphatic carboxylic acids is 1. The van der Waals surface area contributed by atoms with Crippen LogP contribution in [0.5, 0.6) is 0 Å². The van der Waals surface area contributed by atoms with Crippen molar-refractivity contribution in [3.8, 4) is 0 Å². The second-order valence-corrected chi connectivity index (χ2v) is 7.57. The molecule has 3 heteroatoms. The Bertz CT molecular complexity index is 744. The molecule has 130 valence electrons. The number of nitrogens with zero attached hydrogens (tertiary/aromatic N) is 1. The summed E-state index contributed by atoms with van der Waals surface area (Å²) in [7, 11) is 2.25. The van der Waals surface area contributed by atoms with Gasteiger partial charge in [0.1, 0.15) is 5.92 Å². The number of carboxylic acid groups (broad SMARTS) is 1. The Morgan fingerprint density at radius 2 is 1.64 bits per heavy atom. The fourth-order valence-corrected chi connectivity index (χ4v) is 4.80. The van der Waals surface area contributed by atoms with Gasteiger partial charge in [0.2, 0.25) is 0 Å². The van der Waals surface area contributed by atoms with Gasteiger partial charge in [0.05, 0.1) is 0 Å². The van der Waals surface area contributed by atoms with Crippen LogP contribution < -0.4 is 0 Å². The molecule has 0 spiro atoms. The Morgan fingerprint density at radius 3 is 2.28 bits per heavy atom. The molecule has 0 radical (unpaired) electrons. The third kappa shape index (κ3) is 3.09. The number of benzene rings is 2. The van der Waals surface area contributed by atoms with Gasteiger partial charge >= 0.3 is 5.97 Å². The molecule has 4 rings (SSSR count). The first-order valence-electron chi connectivity index (χ1n) is 9.23. The van der Waals surface area contributed by atoms with Gasteiger partial charge in [0, 0.05) is 12.1 Å². The Morgan fingerprint density at radius 1 is 1.00 bits per heavy atom. The summed E-state index contributed by atoms with van der Waals surface area (Å²) in [6.07, 6.45) is 5.00. The second-order valence-electron chi connectivity index (χ2n) is 7.57. The molecule has 2 aromatic rings. The van der Waals surface area contributed by atoms with Gasteiger partial charge in [0.25, 0.3) is 0 Å². The quantitative estimate of drug-likeness (QED) is 0.908. The van der Waals surface area contributed by atoms with Crippen molar-refractivity contribution in [2.45, 2.75) is 49.6 Å². The average Bonchev–Trinajstić information content (AvgIpc) is 2.84. The Balaban J connectivity index is 1.64. The lowest BCUT2D eigenvalue weighted by molar-refractivity contribution is -0.137. The molecule has 2 fully saturated rings. The monoisotopic (exact) mass is 335 g/mol. The van der Waals surface area contributed by atoms with Gasteiger partial charge in [-0.25, -0.2) is 0 Å². The normalized spacial score (nSPS) is 27.2. The first kappa shape index (κ1) is 16.3. The summed E-state index contributed by atoms with van der Waals surface area (Å²) in [4.78, 5) is 14.5. The molecular weight excluding hydrogens is 310 g/mol. The molecule has 2 aliphatic rings. The van der Waals surface area contributed by atoms with Crippen molar-refractivity contribution in [3.63, 3.8) is 0 Å². The number of hydrogen-bond donors (Lipinski definition) is 1. The van der Waals surface area contributed by atoms with E-state index in [9.17, 15) is 9.90 Å². The topological polar surface area (TPSA) is 40.5 Å². The van der Waals surface area contributed by atoms with Crippen LogP contribution in [0.3, 0.4) is 0 Å². The molecule has 2 aromatic carbocycles. The minimum Gasteiger partial charge on any atom is -0.481 e. The standard InChI is InChI=1S/C22H25NO2/c1-23-19-10-11-20(23)14-18(13-19)16-8-5-9-17(12-16)21(22(24)25)15-6-3-2-4-7-15/h2-9,12,18-21H,10-11,13-14H2,1H3,(H,24,25). The summed E-state index contributed by atoms with van der Waals surface area (Å²) in [5, 5.41) is 9.80. The largest absolute Gasteiger partial charge is 0.481 e. The number of rotatable bonds is 4. The third-order valence-corrected chi connectivity index (χ3v) is 6.19. The van der Waals surface area contributed by atoms with Crippen LogP contribution in [0.4, 0.5) is 0 Å². The van der Waals surface area contributed by atoms with Crippen LogP contribution >= 0.6 is 0 Å². The number of fused-ring (bicyclic) bond motifs is 2. The number of piperidine rings is 1. The summed E-state index contributed by atoms with van der Waals surface area (Å²) < 4.78 is 0. The SMILES string of the molecule is CN1C2CCC1CC(c1cccc(C(C(=O)O)c3ccccc3)c1)C2. The first-order chi connectivity index (χ1) is 12.1. The molecule has 3 nitrogen and oxygen atoms in total. The average molecular weight is 335 g/mol. The van der Waals surface area contributed by atoms with Crippen LogP contribution in [0.15, 0.2) is 54.6 Å². The lowest BCUT2D eigenvalue weighted by Crippen LogP contribution is -2.39. The van der Waals surface area contributed by atoms with Crippen molar-refractivity contribution in [1.29, 1.82) is 0 Å². The fraction of sp³-hybridized carbons (Fsp3) is 0.409. The maximum absolute atomic E-state index is 11.9. The van der Waals surface area contributed by atoms with Crippen LogP contribution in [0.25, 0.3) is 0 Å². The molecule has 2 saturated heterocycles. The van der Waals surface area contributed by atoms with E-state index < -0.39 is 11.9 Å². The van der Waals surface area contributed by atoms with Crippen molar-refractivity contribution in [1.82, 2.24) is 4.90 Å². The third-order valence-electron chi connectivity index (χ3n) is 6.19. The van der Waals surface area contributed by atoms with Crippen LogP contribution in [0, 0.1) is 0 Å². The number of hydrogen-bond acceptors (Lipinski definition) is 2. The van der Waals surface area contributed by atoms with Gasteiger partial charge in [-0.15, -0.1) is 0 Å². The lowest BCUT2D eigenvalue weighted by Gasteiger charge is -2.36. The van der Waals surface area contributed by atoms with E-state index in [-0.39, 0.29) is 0 Å². The van der Waals surface area contributed by atoms with Crippen LogP contribution in [-0.4, -0.2) is 35.1 Å². The zero-order valence-corrected chi connectivity index (χ0v) is 14.6. The zero-order chi connectivity index (χ0) is 17.4. The molecule has 0 aliphatic carbocycles. The maximum atomic E-state index is 11.9. The summed E-state index contributed by atoms with van der Waals surface area (Å²) in [6, 6.07) is 19.2. The summed E-state index contributed by atoms with van der Waals surface area (Å²) in [5.74, 6) is -0.824. The molecule has 2 heterocycles. The van der Waals surface area contributed by atoms with E-state index in [1.54, 1.807) is 0 Å². The minimum absolute atomic E-state index is 0.555. The van der Waals surface area contributed by atoms with Crippen molar-refractivity contribution in [3.05, 3.63) is 71.3 Å². The number of carboxylic acids is 1. The van der Waals surface area contributed by atoms with Crippen molar-refractivity contribution in [2.75, 3.05) is 7.05 Å².